The van der Waals surface area contributed by atoms with E-state index in [-0.39, 0.29) is 28.7 Å². The Bertz CT molecular complexity index is 507. The fraction of sp³-hybridized carbons (Fsp3) is 0.462. The van der Waals surface area contributed by atoms with E-state index in [1.807, 2.05) is 13.8 Å². The number of hydrogen-bond donors (Lipinski definition) is 2. The third kappa shape index (κ3) is 4.47. The molecule has 2 N–H and O–H groups in total. The smallest absolute Gasteiger partial charge is 0.271 e. The molecule has 0 aliphatic heterocycles. The topological polar surface area (TPSA) is 92.5 Å². The van der Waals surface area contributed by atoms with Crippen molar-refractivity contribution < 1.29 is 14.8 Å². The number of carbonyl (C=O) groups is 1. The van der Waals surface area contributed by atoms with E-state index in [0.717, 1.165) is 12.5 Å². The van der Waals surface area contributed by atoms with Crippen LogP contribution in [0, 0.1) is 16.0 Å². The van der Waals surface area contributed by atoms with E-state index in [2.05, 4.69) is 5.32 Å². The number of nitrogens with zero attached hydrogens (tertiary/aromatic N) is 1. The van der Waals surface area contributed by atoms with Gasteiger partial charge in [0, 0.05) is 29.3 Å². The molecule has 0 spiro atoms. The first-order valence-corrected chi connectivity index (χ1v) is 6.64. The van der Waals surface area contributed by atoms with Gasteiger partial charge in [-0.05, 0) is 12.0 Å². The van der Waals surface area contributed by atoms with Gasteiger partial charge in [-0.1, -0.05) is 31.9 Å². The van der Waals surface area contributed by atoms with Gasteiger partial charge in [-0.25, -0.2) is 0 Å². The van der Waals surface area contributed by atoms with E-state index in [1.54, 1.807) is 0 Å². The molecule has 20 heavy (non-hydrogen) atoms. The summed E-state index contributed by atoms with van der Waals surface area (Å²) in [5.74, 6) is -0.443. The number of carbonyl (C=O) groups excluding carboxylic acids is 1. The third-order valence-corrected chi connectivity index (χ3v) is 3.35. The second-order valence-electron chi connectivity index (χ2n) is 4.62. The molecule has 1 aromatic carbocycles. The van der Waals surface area contributed by atoms with Crippen LogP contribution < -0.4 is 5.32 Å². The Morgan fingerprint density at radius 2 is 2.15 bits per heavy atom. The van der Waals surface area contributed by atoms with E-state index < -0.39 is 16.9 Å². The lowest BCUT2D eigenvalue weighted by Gasteiger charge is -2.17. The zero-order valence-corrected chi connectivity index (χ0v) is 12.1. The van der Waals surface area contributed by atoms with Gasteiger partial charge in [0.25, 0.3) is 11.6 Å². The Morgan fingerprint density at radius 1 is 1.50 bits per heavy atom. The van der Waals surface area contributed by atoms with Crippen LogP contribution >= 0.6 is 11.6 Å². The molecule has 0 radical (unpaired) electrons. The highest BCUT2D eigenvalue weighted by Crippen LogP contribution is 2.20. The number of amides is 1. The normalized spacial score (nSPS) is 13.6. The summed E-state index contributed by atoms with van der Waals surface area (Å²) >= 11 is 5.74. The molecule has 2 atom stereocenters. The Morgan fingerprint density at radius 3 is 2.70 bits per heavy atom. The highest BCUT2D eigenvalue weighted by atomic mass is 35.5. The SMILES string of the molecule is CCC(C)C(O)CNC(=O)c1cc(Cl)cc([N+](=O)[O-])c1. The van der Waals surface area contributed by atoms with Crippen molar-refractivity contribution in [2.45, 2.75) is 26.4 Å². The minimum atomic E-state index is -0.655. The van der Waals surface area contributed by atoms with Crippen LogP contribution in [0.3, 0.4) is 0 Å². The number of non-ortho nitro benzene ring substituents is 1. The van der Waals surface area contributed by atoms with E-state index in [4.69, 9.17) is 11.6 Å². The van der Waals surface area contributed by atoms with Gasteiger partial charge in [0.05, 0.1) is 11.0 Å². The molecule has 1 rings (SSSR count). The first kappa shape index (κ1) is 16.4. The standard InChI is InChI=1S/C13H17ClN2O4/c1-3-8(2)12(17)7-15-13(18)9-4-10(14)6-11(5-9)16(19)20/h4-6,8,12,17H,3,7H2,1-2H3,(H,15,18). The molecular weight excluding hydrogens is 284 g/mol. The van der Waals surface area contributed by atoms with E-state index in [9.17, 15) is 20.0 Å². The largest absolute Gasteiger partial charge is 0.391 e. The fourth-order valence-corrected chi connectivity index (χ4v) is 1.81. The highest BCUT2D eigenvalue weighted by molar-refractivity contribution is 6.31. The first-order valence-electron chi connectivity index (χ1n) is 6.26. The molecule has 0 aliphatic rings. The van der Waals surface area contributed by atoms with Gasteiger partial charge >= 0.3 is 0 Å². The van der Waals surface area contributed by atoms with Crippen molar-refractivity contribution >= 4 is 23.2 Å². The lowest BCUT2D eigenvalue weighted by atomic mass is 10.0. The summed E-state index contributed by atoms with van der Waals surface area (Å²) in [6.07, 6.45) is 0.137. The second kappa shape index (κ2) is 7.21. The molecule has 2 unspecified atom stereocenters. The predicted octanol–water partition coefficient (Wildman–Crippen LogP) is 2.39. The lowest BCUT2D eigenvalue weighted by molar-refractivity contribution is -0.384. The molecular formula is C13H17ClN2O4. The van der Waals surface area contributed by atoms with Gasteiger partial charge in [0.15, 0.2) is 0 Å². The van der Waals surface area contributed by atoms with Crippen molar-refractivity contribution in [3.63, 3.8) is 0 Å². The first-order chi connectivity index (χ1) is 9.35. The number of aliphatic hydroxyl groups excluding tert-OH is 1. The molecule has 0 aliphatic carbocycles. The van der Waals surface area contributed by atoms with Crippen LogP contribution in [0.15, 0.2) is 18.2 Å². The molecule has 0 saturated carbocycles. The maximum Gasteiger partial charge on any atom is 0.271 e. The zero-order valence-electron chi connectivity index (χ0n) is 11.3. The maximum absolute atomic E-state index is 11.9. The van der Waals surface area contributed by atoms with Gasteiger partial charge in [-0.15, -0.1) is 0 Å². The number of hydrogen-bond acceptors (Lipinski definition) is 4. The summed E-state index contributed by atoms with van der Waals surface area (Å²) in [6, 6.07) is 3.67. The monoisotopic (exact) mass is 300 g/mol. The minimum Gasteiger partial charge on any atom is -0.391 e. The van der Waals surface area contributed by atoms with Crippen LogP contribution in [0.2, 0.25) is 5.02 Å². The average molecular weight is 301 g/mol. The van der Waals surface area contributed by atoms with Crippen LogP contribution in [0.1, 0.15) is 30.6 Å². The number of rotatable bonds is 6. The van der Waals surface area contributed by atoms with Gasteiger partial charge in [0.2, 0.25) is 0 Å². The van der Waals surface area contributed by atoms with Gasteiger partial charge < -0.3 is 10.4 Å². The number of aliphatic hydroxyl groups is 1. The molecule has 7 heteroatoms. The molecule has 110 valence electrons. The molecule has 0 heterocycles. The van der Waals surface area contributed by atoms with Crippen molar-refractivity contribution in [3.05, 3.63) is 38.9 Å². The lowest BCUT2D eigenvalue weighted by Crippen LogP contribution is -2.35. The number of nitro groups is 1. The minimum absolute atomic E-state index is 0.0593. The maximum atomic E-state index is 11.9. The van der Waals surface area contributed by atoms with Crippen LogP contribution in [-0.2, 0) is 0 Å². The van der Waals surface area contributed by atoms with E-state index >= 15 is 0 Å². The summed E-state index contributed by atoms with van der Waals surface area (Å²) in [5.41, 5.74) is -0.148. The van der Waals surface area contributed by atoms with Crippen molar-refractivity contribution in [3.8, 4) is 0 Å². The molecule has 1 aromatic rings. The third-order valence-electron chi connectivity index (χ3n) is 3.13. The summed E-state index contributed by atoms with van der Waals surface area (Å²) in [4.78, 5) is 22.0. The molecule has 6 nitrogen and oxygen atoms in total. The highest BCUT2D eigenvalue weighted by Gasteiger charge is 2.16. The second-order valence-corrected chi connectivity index (χ2v) is 5.05. The number of nitro benzene ring substituents is 1. The Balaban J connectivity index is 2.75. The van der Waals surface area contributed by atoms with Crippen molar-refractivity contribution in [2.24, 2.45) is 5.92 Å². The molecule has 0 aromatic heterocycles. The summed E-state index contributed by atoms with van der Waals surface area (Å²) in [5, 5.41) is 23.1. The van der Waals surface area contributed by atoms with Gasteiger partial charge in [-0.2, -0.15) is 0 Å². The Labute approximate surface area is 121 Å². The number of halogens is 1. The van der Waals surface area contributed by atoms with E-state index in [1.165, 1.54) is 12.1 Å². The quantitative estimate of drug-likeness (QED) is 0.623. The number of nitrogens with one attached hydrogen (secondary N) is 1. The van der Waals surface area contributed by atoms with Crippen molar-refractivity contribution in [1.29, 1.82) is 0 Å². The Hall–Kier alpha value is -1.66. The zero-order chi connectivity index (χ0) is 15.3. The average Bonchev–Trinajstić information content (AvgIpc) is 2.42. The van der Waals surface area contributed by atoms with Crippen LogP contribution in [0.25, 0.3) is 0 Å². The van der Waals surface area contributed by atoms with Crippen molar-refractivity contribution in [2.75, 3.05) is 6.54 Å². The van der Waals surface area contributed by atoms with E-state index in [0.29, 0.717) is 0 Å². The van der Waals surface area contributed by atoms with Crippen LogP contribution in [0.5, 0.6) is 0 Å². The Kier molecular flexibility index (Phi) is 5.91. The van der Waals surface area contributed by atoms with Crippen LogP contribution in [0.4, 0.5) is 5.69 Å². The summed E-state index contributed by atoms with van der Waals surface area (Å²) < 4.78 is 0. The molecule has 0 fully saturated rings. The summed E-state index contributed by atoms with van der Waals surface area (Å²) in [7, 11) is 0. The van der Waals surface area contributed by atoms with Gasteiger partial charge in [0.1, 0.15) is 0 Å². The molecule has 1 amide bonds. The molecule has 0 bridgehead atoms. The number of benzene rings is 1. The van der Waals surface area contributed by atoms with Gasteiger partial charge in [-0.3, -0.25) is 14.9 Å². The van der Waals surface area contributed by atoms with Crippen molar-refractivity contribution in [1.82, 2.24) is 5.32 Å². The fourth-order valence-electron chi connectivity index (χ4n) is 1.58. The predicted molar refractivity (Wildman–Crippen MR) is 75.9 cm³/mol. The summed E-state index contributed by atoms with van der Waals surface area (Å²) in [6.45, 7) is 3.91. The van der Waals surface area contributed by atoms with Crippen LogP contribution in [-0.4, -0.2) is 28.6 Å². The molecule has 0 saturated heterocycles.